The van der Waals surface area contributed by atoms with Crippen molar-refractivity contribution in [1.29, 1.82) is 0 Å². The standard InChI is InChI=1S/C58H37N5/c1-3-18-42-39(14-1)33-50(46-22-7-5-20-44(42)46)52-35-53(51-34-40-15-2-4-19-43(40)45-21-6-8-23-47(45)51)60-57(59-52)37-29-27-36(28-30-37)38-16-13-17-41(32-38)55-48-24-9-10-25-49(48)56-58(62-55)63-31-12-11-26-54(63)61-56/h1-35,52H,(H,59,60). The van der Waals surface area contributed by atoms with Gasteiger partial charge < -0.3 is 5.32 Å². The third-order valence-corrected chi connectivity index (χ3v) is 12.8. The van der Waals surface area contributed by atoms with E-state index < -0.39 is 0 Å². The second-order valence-corrected chi connectivity index (χ2v) is 16.4. The van der Waals surface area contributed by atoms with E-state index in [1.807, 2.05) is 24.4 Å². The van der Waals surface area contributed by atoms with Crippen molar-refractivity contribution < 1.29 is 0 Å². The molecule has 63 heavy (non-hydrogen) atoms. The van der Waals surface area contributed by atoms with Crippen LogP contribution in [-0.2, 0) is 0 Å². The summed E-state index contributed by atoms with van der Waals surface area (Å²) in [6.45, 7) is 0. The fourth-order valence-electron chi connectivity index (χ4n) is 9.83. The number of fused-ring (bicyclic) bond motifs is 11. The first-order chi connectivity index (χ1) is 31.2. The summed E-state index contributed by atoms with van der Waals surface area (Å²) < 4.78 is 2.08. The Labute approximate surface area is 363 Å². The van der Waals surface area contributed by atoms with Gasteiger partial charge in [0.15, 0.2) is 5.65 Å². The summed E-state index contributed by atoms with van der Waals surface area (Å²) in [6.07, 6.45) is 4.35. The number of rotatable bonds is 5. The molecule has 0 aliphatic carbocycles. The molecule has 5 heteroatoms. The van der Waals surface area contributed by atoms with Crippen LogP contribution in [-0.4, -0.2) is 20.2 Å². The third kappa shape index (κ3) is 5.74. The highest BCUT2D eigenvalue weighted by molar-refractivity contribution is 6.15. The number of pyridine rings is 2. The molecule has 5 nitrogen and oxygen atoms in total. The Bertz CT molecular complexity index is 3890. The minimum Gasteiger partial charge on any atom is -0.359 e. The predicted molar refractivity (Wildman–Crippen MR) is 262 cm³/mol. The van der Waals surface area contributed by atoms with Crippen molar-refractivity contribution in [2.75, 3.05) is 0 Å². The van der Waals surface area contributed by atoms with E-state index in [-0.39, 0.29) is 6.04 Å². The fraction of sp³-hybridized carbons (Fsp3) is 0.0172. The fourth-order valence-corrected chi connectivity index (χ4v) is 9.83. The first kappa shape index (κ1) is 35.4. The molecule has 0 bridgehead atoms. The molecule has 12 aromatic rings. The Hall–Kier alpha value is -8.41. The molecule has 13 rings (SSSR count). The lowest BCUT2D eigenvalue weighted by Gasteiger charge is -2.26. The molecule has 0 saturated heterocycles. The molecule has 1 aliphatic heterocycles. The summed E-state index contributed by atoms with van der Waals surface area (Å²) in [5, 5.41) is 15.9. The average Bonchev–Trinajstić information content (AvgIpc) is 3.74. The van der Waals surface area contributed by atoms with E-state index in [9.17, 15) is 0 Å². The number of hydrogen-bond acceptors (Lipinski definition) is 4. The lowest BCUT2D eigenvalue weighted by molar-refractivity contribution is 0.788. The van der Waals surface area contributed by atoms with E-state index in [4.69, 9.17) is 15.0 Å². The zero-order chi connectivity index (χ0) is 41.4. The van der Waals surface area contributed by atoms with E-state index in [0.717, 1.165) is 72.6 Å². The Kier molecular flexibility index (Phi) is 7.90. The van der Waals surface area contributed by atoms with Gasteiger partial charge in [0, 0.05) is 33.7 Å². The molecule has 9 aromatic carbocycles. The van der Waals surface area contributed by atoms with Crippen molar-refractivity contribution >= 4 is 82.2 Å². The Morgan fingerprint density at radius 1 is 0.429 bits per heavy atom. The minimum atomic E-state index is -0.142. The van der Waals surface area contributed by atoms with E-state index in [0.29, 0.717) is 0 Å². The predicted octanol–water partition coefficient (Wildman–Crippen LogP) is 14.1. The number of benzene rings is 9. The zero-order valence-corrected chi connectivity index (χ0v) is 34.1. The van der Waals surface area contributed by atoms with Gasteiger partial charge in [0.25, 0.3) is 0 Å². The van der Waals surface area contributed by atoms with Crippen molar-refractivity contribution in [1.82, 2.24) is 19.7 Å². The topological polar surface area (TPSA) is 54.6 Å². The van der Waals surface area contributed by atoms with Crippen LogP contribution in [0.4, 0.5) is 0 Å². The number of aromatic nitrogens is 3. The molecular formula is C58H37N5. The normalized spacial score (nSPS) is 14.2. The minimum absolute atomic E-state index is 0.142. The van der Waals surface area contributed by atoms with E-state index in [2.05, 4.69) is 198 Å². The van der Waals surface area contributed by atoms with Gasteiger partial charge in [-0.05, 0) is 96.2 Å². The maximum atomic E-state index is 5.48. The molecule has 3 aromatic heterocycles. The lowest BCUT2D eigenvalue weighted by Crippen LogP contribution is -2.31. The lowest BCUT2D eigenvalue weighted by atomic mass is 9.90. The van der Waals surface area contributed by atoms with Crippen molar-refractivity contribution in [2.24, 2.45) is 4.99 Å². The van der Waals surface area contributed by atoms with Gasteiger partial charge >= 0.3 is 0 Å². The van der Waals surface area contributed by atoms with Gasteiger partial charge in [-0.3, -0.25) is 4.40 Å². The van der Waals surface area contributed by atoms with E-state index >= 15 is 0 Å². The smallest absolute Gasteiger partial charge is 0.165 e. The van der Waals surface area contributed by atoms with Crippen LogP contribution in [0.15, 0.2) is 217 Å². The van der Waals surface area contributed by atoms with Gasteiger partial charge in [0.1, 0.15) is 17.0 Å². The molecule has 0 saturated carbocycles. The Balaban J connectivity index is 0.935. The second-order valence-electron chi connectivity index (χ2n) is 16.4. The summed E-state index contributed by atoms with van der Waals surface area (Å²) in [5.41, 5.74) is 11.2. The van der Waals surface area contributed by atoms with E-state index in [1.165, 1.54) is 48.7 Å². The van der Waals surface area contributed by atoms with Gasteiger partial charge in [-0.15, -0.1) is 0 Å². The first-order valence-corrected chi connectivity index (χ1v) is 21.5. The molecule has 1 aliphatic rings. The zero-order valence-electron chi connectivity index (χ0n) is 34.1. The molecule has 294 valence electrons. The summed E-state index contributed by atoms with van der Waals surface area (Å²) >= 11 is 0. The van der Waals surface area contributed by atoms with Gasteiger partial charge in [-0.25, -0.2) is 15.0 Å². The number of aliphatic imine (C=N–C) groups is 1. The molecule has 0 spiro atoms. The molecule has 0 radical (unpaired) electrons. The summed E-state index contributed by atoms with van der Waals surface area (Å²) in [4.78, 5) is 15.7. The third-order valence-electron chi connectivity index (χ3n) is 12.8. The maximum Gasteiger partial charge on any atom is 0.165 e. The largest absolute Gasteiger partial charge is 0.359 e. The second kappa shape index (κ2) is 14.1. The summed E-state index contributed by atoms with van der Waals surface area (Å²) in [6, 6.07) is 71.4. The van der Waals surface area contributed by atoms with Crippen LogP contribution in [0.3, 0.4) is 0 Å². The number of nitrogens with zero attached hydrogens (tertiary/aromatic N) is 4. The molecule has 1 unspecified atom stereocenters. The Morgan fingerprint density at radius 3 is 1.81 bits per heavy atom. The summed E-state index contributed by atoms with van der Waals surface area (Å²) in [5.74, 6) is 0.837. The van der Waals surface area contributed by atoms with Crippen LogP contribution >= 0.6 is 0 Å². The molecule has 0 fully saturated rings. The summed E-state index contributed by atoms with van der Waals surface area (Å²) in [7, 11) is 0. The van der Waals surface area contributed by atoms with Crippen LogP contribution in [0.25, 0.3) is 98.8 Å². The van der Waals surface area contributed by atoms with Crippen LogP contribution in [0.5, 0.6) is 0 Å². The molecule has 1 N–H and O–H groups in total. The van der Waals surface area contributed by atoms with Gasteiger partial charge in [0.05, 0.1) is 17.4 Å². The van der Waals surface area contributed by atoms with Gasteiger partial charge in [-0.1, -0.05) is 170 Å². The SMILES string of the molecule is C1=C(c2cc3ccccc3c3ccccc23)N=C(c2ccc(-c3cccc(-c4nc5c(nc6ccccn65)c5ccccc45)c3)cc2)NC1c1cc2ccccc2c2ccccc12. The van der Waals surface area contributed by atoms with Crippen LogP contribution < -0.4 is 5.32 Å². The van der Waals surface area contributed by atoms with Crippen molar-refractivity contribution in [3.8, 4) is 22.4 Å². The number of hydrogen-bond donors (Lipinski definition) is 1. The van der Waals surface area contributed by atoms with E-state index in [1.54, 1.807) is 0 Å². The van der Waals surface area contributed by atoms with Gasteiger partial charge in [0.2, 0.25) is 0 Å². The van der Waals surface area contributed by atoms with Crippen LogP contribution in [0.2, 0.25) is 0 Å². The highest BCUT2D eigenvalue weighted by Crippen LogP contribution is 2.40. The maximum absolute atomic E-state index is 5.48. The number of imidazole rings is 1. The number of amidine groups is 1. The molecule has 4 heterocycles. The molecule has 0 amide bonds. The van der Waals surface area contributed by atoms with Crippen molar-refractivity contribution in [3.05, 3.63) is 229 Å². The quantitative estimate of drug-likeness (QED) is 0.176. The highest BCUT2D eigenvalue weighted by atomic mass is 15.1. The van der Waals surface area contributed by atoms with Crippen LogP contribution in [0, 0.1) is 0 Å². The highest BCUT2D eigenvalue weighted by Gasteiger charge is 2.24. The number of nitrogens with one attached hydrogen (secondary N) is 1. The Morgan fingerprint density at radius 2 is 1.03 bits per heavy atom. The van der Waals surface area contributed by atoms with Crippen molar-refractivity contribution in [3.63, 3.8) is 0 Å². The van der Waals surface area contributed by atoms with Gasteiger partial charge in [-0.2, -0.15) is 0 Å². The first-order valence-electron chi connectivity index (χ1n) is 21.5. The molecule has 1 atom stereocenters. The van der Waals surface area contributed by atoms with Crippen molar-refractivity contribution in [2.45, 2.75) is 6.04 Å². The average molecular weight is 804 g/mol. The monoisotopic (exact) mass is 803 g/mol. The molecular weight excluding hydrogens is 767 g/mol. The van der Waals surface area contributed by atoms with Crippen LogP contribution in [0.1, 0.15) is 22.7 Å².